The van der Waals surface area contributed by atoms with Crippen LogP contribution < -0.4 is 4.90 Å². The van der Waals surface area contributed by atoms with Gasteiger partial charge in [0.15, 0.2) is 6.29 Å². The summed E-state index contributed by atoms with van der Waals surface area (Å²) in [6.45, 7) is 7.82. The molecule has 136 valence electrons. The standard InChI is InChI=1S/C18H23FN2O4/c1-18(2,3)25-17(22)21-10-14-15(21)9-20(14)13-8-11(4-5-12(13)19)16-23-6-7-24-16/h4-5,8,14-16H,6-7,9-10H2,1-3H3/t14-,15?/m1/s1. The number of hydrogen-bond donors (Lipinski definition) is 0. The van der Waals surface area contributed by atoms with Gasteiger partial charge >= 0.3 is 6.09 Å². The number of halogens is 1. The number of amides is 1. The average molecular weight is 350 g/mol. The Hall–Kier alpha value is -1.86. The Morgan fingerprint density at radius 3 is 2.52 bits per heavy atom. The lowest BCUT2D eigenvalue weighted by Gasteiger charge is -2.62. The molecule has 0 radical (unpaired) electrons. The average Bonchev–Trinajstić information content (AvgIpc) is 3.03. The van der Waals surface area contributed by atoms with Gasteiger partial charge in [-0.2, -0.15) is 0 Å². The smallest absolute Gasteiger partial charge is 0.410 e. The summed E-state index contributed by atoms with van der Waals surface area (Å²) in [5, 5.41) is 0. The van der Waals surface area contributed by atoms with Crippen molar-refractivity contribution in [2.45, 2.75) is 44.7 Å². The number of likely N-dealkylation sites (tertiary alicyclic amines) is 1. The summed E-state index contributed by atoms with van der Waals surface area (Å²) in [4.78, 5) is 15.9. The van der Waals surface area contributed by atoms with Crippen molar-refractivity contribution in [2.75, 3.05) is 31.2 Å². The normalized spacial score (nSPS) is 26.1. The van der Waals surface area contributed by atoms with Gasteiger partial charge in [0.2, 0.25) is 0 Å². The van der Waals surface area contributed by atoms with E-state index >= 15 is 0 Å². The van der Waals surface area contributed by atoms with E-state index in [0.29, 0.717) is 32.0 Å². The van der Waals surface area contributed by atoms with E-state index in [4.69, 9.17) is 14.2 Å². The highest BCUT2D eigenvalue weighted by molar-refractivity contribution is 5.72. The van der Waals surface area contributed by atoms with Crippen LogP contribution in [0.1, 0.15) is 32.6 Å². The van der Waals surface area contributed by atoms with Crippen molar-refractivity contribution in [1.29, 1.82) is 0 Å². The van der Waals surface area contributed by atoms with E-state index in [2.05, 4.69) is 0 Å². The third-order valence-corrected chi connectivity index (χ3v) is 4.81. The molecule has 4 rings (SSSR count). The molecular weight excluding hydrogens is 327 g/mol. The predicted octanol–water partition coefficient (Wildman–Crippen LogP) is 2.68. The molecule has 7 heteroatoms. The SMILES string of the molecule is CC(C)(C)OC(=O)N1C[C@@H]2C1CN2c1cc(C2OCCO2)ccc1F. The number of fused-ring (bicyclic) bond motifs is 1. The first kappa shape index (κ1) is 16.6. The fourth-order valence-corrected chi connectivity index (χ4v) is 3.51. The molecule has 3 fully saturated rings. The monoisotopic (exact) mass is 350 g/mol. The number of carbonyl (C=O) groups excluding carboxylic acids is 1. The minimum atomic E-state index is -0.507. The Labute approximate surface area is 146 Å². The summed E-state index contributed by atoms with van der Waals surface area (Å²) < 4.78 is 30.7. The molecule has 1 aromatic carbocycles. The van der Waals surface area contributed by atoms with Gasteiger partial charge in [-0.15, -0.1) is 0 Å². The van der Waals surface area contributed by atoms with E-state index in [0.717, 1.165) is 5.56 Å². The van der Waals surface area contributed by atoms with Crippen molar-refractivity contribution < 1.29 is 23.4 Å². The molecular formula is C18H23FN2O4. The number of hydrogen-bond acceptors (Lipinski definition) is 5. The fraction of sp³-hybridized carbons (Fsp3) is 0.611. The first-order valence-electron chi connectivity index (χ1n) is 8.62. The number of piperazine rings is 1. The van der Waals surface area contributed by atoms with Gasteiger partial charge in [0.1, 0.15) is 11.4 Å². The molecule has 0 bridgehead atoms. The Balaban J connectivity index is 1.43. The summed E-state index contributed by atoms with van der Waals surface area (Å²) in [5.74, 6) is -0.268. The van der Waals surface area contributed by atoms with Gasteiger partial charge in [-0.3, -0.25) is 4.90 Å². The van der Waals surface area contributed by atoms with Gasteiger partial charge in [0, 0.05) is 18.7 Å². The molecule has 25 heavy (non-hydrogen) atoms. The number of ether oxygens (including phenoxy) is 3. The van der Waals surface area contributed by atoms with Crippen molar-refractivity contribution in [1.82, 2.24) is 4.90 Å². The Bertz CT molecular complexity index is 684. The summed E-state index contributed by atoms with van der Waals surface area (Å²) >= 11 is 0. The topological polar surface area (TPSA) is 51.2 Å². The van der Waals surface area contributed by atoms with Gasteiger partial charge in [-0.05, 0) is 32.9 Å². The molecule has 3 aliphatic rings. The highest BCUT2D eigenvalue weighted by Crippen LogP contribution is 2.40. The summed E-state index contributed by atoms with van der Waals surface area (Å²) in [5.41, 5.74) is 0.857. The Morgan fingerprint density at radius 2 is 1.92 bits per heavy atom. The van der Waals surface area contributed by atoms with Crippen molar-refractivity contribution in [3.8, 4) is 0 Å². The third-order valence-electron chi connectivity index (χ3n) is 4.81. The number of nitrogens with zero attached hydrogens (tertiary/aromatic N) is 2. The molecule has 1 aromatic rings. The zero-order valence-corrected chi connectivity index (χ0v) is 14.7. The molecule has 3 heterocycles. The van der Waals surface area contributed by atoms with Crippen LogP contribution in [0.4, 0.5) is 14.9 Å². The fourth-order valence-electron chi connectivity index (χ4n) is 3.51. The molecule has 0 saturated carbocycles. The molecule has 0 spiro atoms. The van der Waals surface area contributed by atoms with Crippen LogP contribution in [0.2, 0.25) is 0 Å². The third kappa shape index (κ3) is 2.95. The molecule has 2 atom stereocenters. The van der Waals surface area contributed by atoms with E-state index < -0.39 is 11.9 Å². The Kier molecular flexibility index (Phi) is 3.88. The van der Waals surface area contributed by atoms with Crippen molar-refractivity contribution in [3.05, 3.63) is 29.6 Å². The van der Waals surface area contributed by atoms with E-state index in [-0.39, 0.29) is 24.0 Å². The number of rotatable bonds is 2. The quantitative estimate of drug-likeness (QED) is 0.821. The highest BCUT2D eigenvalue weighted by Gasteiger charge is 2.55. The van der Waals surface area contributed by atoms with Gasteiger partial charge in [0.25, 0.3) is 0 Å². The van der Waals surface area contributed by atoms with Crippen LogP contribution in [0.15, 0.2) is 18.2 Å². The van der Waals surface area contributed by atoms with Crippen LogP contribution in [0.3, 0.4) is 0 Å². The number of anilines is 1. The van der Waals surface area contributed by atoms with Crippen LogP contribution in [0.5, 0.6) is 0 Å². The van der Waals surface area contributed by atoms with Crippen LogP contribution in [0, 0.1) is 5.82 Å². The molecule has 1 amide bonds. The van der Waals surface area contributed by atoms with Gasteiger partial charge in [-0.25, -0.2) is 9.18 Å². The van der Waals surface area contributed by atoms with Crippen molar-refractivity contribution in [2.24, 2.45) is 0 Å². The number of benzene rings is 1. The second kappa shape index (κ2) is 5.85. The molecule has 3 aliphatic heterocycles. The first-order valence-corrected chi connectivity index (χ1v) is 8.62. The Morgan fingerprint density at radius 1 is 1.20 bits per heavy atom. The van der Waals surface area contributed by atoms with E-state index in [9.17, 15) is 9.18 Å². The summed E-state index contributed by atoms with van der Waals surface area (Å²) in [6.07, 6.45) is -0.716. The van der Waals surface area contributed by atoms with E-state index in [1.54, 1.807) is 17.0 Å². The van der Waals surface area contributed by atoms with Crippen molar-refractivity contribution >= 4 is 11.8 Å². The molecule has 0 N–H and O–H groups in total. The first-order chi connectivity index (χ1) is 11.8. The predicted molar refractivity (Wildman–Crippen MR) is 88.9 cm³/mol. The lowest BCUT2D eigenvalue weighted by Crippen LogP contribution is -2.80. The minimum absolute atomic E-state index is 0.0943. The maximum Gasteiger partial charge on any atom is 0.410 e. The van der Waals surface area contributed by atoms with Crippen LogP contribution in [-0.2, 0) is 14.2 Å². The van der Waals surface area contributed by atoms with Crippen molar-refractivity contribution in [3.63, 3.8) is 0 Å². The minimum Gasteiger partial charge on any atom is -0.444 e. The highest BCUT2D eigenvalue weighted by atomic mass is 19.1. The van der Waals surface area contributed by atoms with Crippen LogP contribution >= 0.6 is 0 Å². The zero-order valence-electron chi connectivity index (χ0n) is 14.7. The lowest BCUT2D eigenvalue weighted by atomic mass is 9.85. The van der Waals surface area contributed by atoms with E-state index in [1.807, 2.05) is 25.7 Å². The summed E-state index contributed by atoms with van der Waals surface area (Å²) in [7, 11) is 0. The van der Waals surface area contributed by atoms with E-state index in [1.165, 1.54) is 6.07 Å². The van der Waals surface area contributed by atoms with Gasteiger partial charge in [0.05, 0.1) is 31.0 Å². The molecule has 6 nitrogen and oxygen atoms in total. The summed E-state index contributed by atoms with van der Waals surface area (Å²) in [6, 6.07) is 5.17. The van der Waals surface area contributed by atoms with Crippen LogP contribution in [-0.4, -0.2) is 55.0 Å². The molecule has 1 unspecified atom stereocenters. The maximum atomic E-state index is 14.3. The van der Waals surface area contributed by atoms with Gasteiger partial charge < -0.3 is 19.1 Å². The molecule has 3 saturated heterocycles. The largest absolute Gasteiger partial charge is 0.444 e. The van der Waals surface area contributed by atoms with Crippen LogP contribution in [0.25, 0.3) is 0 Å². The second-order valence-electron chi connectivity index (χ2n) is 7.70. The second-order valence-corrected chi connectivity index (χ2v) is 7.70. The molecule has 0 aromatic heterocycles. The number of carbonyl (C=O) groups is 1. The maximum absolute atomic E-state index is 14.3. The zero-order chi connectivity index (χ0) is 17.8. The molecule has 0 aliphatic carbocycles. The lowest BCUT2D eigenvalue weighted by molar-refractivity contribution is -0.0442. The van der Waals surface area contributed by atoms with Gasteiger partial charge in [-0.1, -0.05) is 6.07 Å².